The summed E-state index contributed by atoms with van der Waals surface area (Å²) in [5.74, 6) is 0.868. The number of anilines is 1. The van der Waals surface area contributed by atoms with E-state index in [-0.39, 0.29) is 15.5 Å². The van der Waals surface area contributed by atoms with Gasteiger partial charge >= 0.3 is 6.18 Å². The first-order valence-corrected chi connectivity index (χ1v) is 12.7. The number of alkyl halides is 3. The number of benzene rings is 2. The van der Waals surface area contributed by atoms with E-state index in [0.717, 1.165) is 61.5 Å². The molecule has 2 aliphatic heterocycles. The number of halogens is 3. The summed E-state index contributed by atoms with van der Waals surface area (Å²) in [6, 6.07) is 9.10. The number of methoxy groups -OCH3 is 1. The molecule has 0 amide bonds. The molecule has 0 saturated carbocycles. The Morgan fingerprint density at radius 3 is 2.54 bits per heavy atom. The van der Waals surface area contributed by atoms with E-state index in [1.165, 1.54) is 0 Å². The summed E-state index contributed by atoms with van der Waals surface area (Å²) in [4.78, 5) is 31.7. The molecule has 0 aliphatic carbocycles. The van der Waals surface area contributed by atoms with Gasteiger partial charge in [0.25, 0.3) is 11.2 Å². The number of likely N-dealkylation sites (tertiary alicyclic amines) is 1. The predicted octanol–water partition coefficient (Wildman–Crippen LogP) is 5.08. The molecule has 0 bridgehead atoms. The van der Waals surface area contributed by atoms with E-state index in [4.69, 9.17) is 4.74 Å². The fraction of sp³-hybridized carbons (Fsp3) is 0.440. The van der Waals surface area contributed by atoms with Gasteiger partial charge in [0.05, 0.1) is 23.0 Å². The van der Waals surface area contributed by atoms with Crippen LogP contribution in [-0.2, 0) is 12.7 Å². The summed E-state index contributed by atoms with van der Waals surface area (Å²) in [7, 11) is 1.67. The highest BCUT2D eigenvalue weighted by Crippen LogP contribution is 2.43. The third kappa shape index (κ3) is 4.99. The number of nitro benzene ring substituents is 1. The van der Waals surface area contributed by atoms with E-state index in [1.807, 2.05) is 23.1 Å². The molecular weight excluding hydrogens is 509 g/mol. The minimum atomic E-state index is -4.81. The zero-order valence-corrected chi connectivity index (χ0v) is 20.9. The lowest BCUT2D eigenvalue weighted by Gasteiger charge is -2.39. The molecule has 0 atom stereocenters. The first-order valence-electron chi connectivity index (χ1n) is 11.9. The summed E-state index contributed by atoms with van der Waals surface area (Å²) >= 11 is 0.901. The van der Waals surface area contributed by atoms with Gasteiger partial charge in [-0.2, -0.15) is 18.2 Å². The molecule has 3 aromatic rings. The van der Waals surface area contributed by atoms with Crippen LogP contribution in [0.1, 0.15) is 30.4 Å². The van der Waals surface area contributed by atoms with Crippen molar-refractivity contribution in [1.29, 1.82) is 0 Å². The maximum absolute atomic E-state index is 13.2. The number of nitrogens with zero attached hydrogens (tertiary/aromatic N) is 4. The van der Waals surface area contributed by atoms with Gasteiger partial charge in [-0.25, -0.2) is 0 Å². The molecule has 12 heteroatoms. The van der Waals surface area contributed by atoms with Gasteiger partial charge in [0.2, 0.25) is 0 Å². The number of para-hydroxylation sites is 1. The van der Waals surface area contributed by atoms with Crippen molar-refractivity contribution in [2.75, 3.05) is 38.2 Å². The molecule has 1 aromatic heterocycles. The van der Waals surface area contributed by atoms with Gasteiger partial charge in [0.1, 0.15) is 10.4 Å². The molecule has 1 spiro atoms. The molecule has 2 fully saturated rings. The average molecular weight is 535 g/mol. The molecule has 8 nitrogen and oxygen atoms in total. The van der Waals surface area contributed by atoms with Crippen molar-refractivity contribution in [1.82, 2.24) is 9.88 Å². The second-order valence-corrected chi connectivity index (χ2v) is 10.7. The number of aromatic nitrogens is 1. The van der Waals surface area contributed by atoms with E-state index in [0.29, 0.717) is 30.4 Å². The highest BCUT2D eigenvalue weighted by Gasteiger charge is 2.41. The van der Waals surface area contributed by atoms with Gasteiger partial charge in [-0.15, -0.1) is 0 Å². The van der Waals surface area contributed by atoms with Crippen LogP contribution in [0.4, 0.5) is 24.0 Å². The van der Waals surface area contributed by atoms with Crippen LogP contribution in [0.15, 0.2) is 41.2 Å². The molecular formula is C25H25F3N4O4S. The molecule has 0 N–H and O–H groups in total. The van der Waals surface area contributed by atoms with Gasteiger partial charge in [-0.3, -0.25) is 19.8 Å². The van der Waals surface area contributed by atoms with Crippen molar-refractivity contribution in [3.8, 4) is 5.75 Å². The molecule has 2 aliphatic rings. The minimum absolute atomic E-state index is 0.0860. The lowest BCUT2D eigenvalue weighted by atomic mass is 9.78. The first kappa shape index (κ1) is 25.4. The first-order chi connectivity index (χ1) is 17.6. The largest absolute Gasteiger partial charge is 0.496 e. The van der Waals surface area contributed by atoms with Gasteiger partial charge in [-0.05, 0) is 43.4 Å². The van der Waals surface area contributed by atoms with Crippen LogP contribution in [0, 0.1) is 15.5 Å². The van der Waals surface area contributed by atoms with E-state index in [1.54, 1.807) is 7.11 Å². The number of hydrogen-bond donors (Lipinski definition) is 0. The van der Waals surface area contributed by atoms with Crippen LogP contribution >= 0.6 is 11.3 Å². The SMILES string of the molecule is COc1ccccc1CN1CCC2(CCN(c3nc(=O)c4cc(C(F)(F)F)cc([N+](=O)[O-])c4s3)CC2)C1. The zero-order valence-electron chi connectivity index (χ0n) is 20.1. The standard InChI is InChI=1S/C25H25F3N4O4S/c1-36-20-5-3-2-4-16(20)14-30-9-6-24(15-30)7-10-31(11-8-24)23-29-22(33)18-12-17(25(26,27)28)13-19(32(34)35)21(18)37-23/h2-5,12-13H,6-11,14-15H2,1H3. The van der Waals surface area contributed by atoms with Gasteiger partial charge in [0, 0.05) is 37.8 Å². The maximum atomic E-state index is 13.2. The van der Waals surface area contributed by atoms with E-state index in [9.17, 15) is 28.1 Å². The number of rotatable bonds is 5. The second kappa shape index (κ2) is 9.56. The number of hydrogen-bond acceptors (Lipinski definition) is 8. The Hall–Kier alpha value is -3.25. The maximum Gasteiger partial charge on any atom is 0.416 e. The Balaban J connectivity index is 1.34. The van der Waals surface area contributed by atoms with Crippen molar-refractivity contribution < 1.29 is 22.8 Å². The van der Waals surface area contributed by atoms with Gasteiger partial charge in [0.15, 0.2) is 5.13 Å². The third-order valence-electron chi connectivity index (χ3n) is 7.41. The van der Waals surface area contributed by atoms with Gasteiger partial charge < -0.3 is 9.64 Å². The lowest BCUT2D eigenvalue weighted by Crippen LogP contribution is -2.42. The van der Waals surface area contributed by atoms with Crippen molar-refractivity contribution in [3.05, 3.63) is 68.0 Å². The summed E-state index contributed by atoms with van der Waals surface area (Å²) < 4.78 is 45.1. The van der Waals surface area contributed by atoms with Crippen molar-refractivity contribution in [3.63, 3.8) is 0 Å². The van der Waals surface area contributed by atoms with Crippen LogP contribution in [0.5, 0.6) is 5.75 Å². The van der Waals surface area contributed by atoms with Crippen LogP contribution in [0.25, 0.3) is 10.1 Å². The molecule has 2 saturated heterocycles. The van der Waals surface area contributed by atoms with Crippen LogP contribution in [0.3, 0.4) is 0 Å². The molecule has 5 rings (SSSR count). The Morgan fingerprint density at radius 2 is 1.86 bits per heavy atom. The number of fused-ring (bicyclic) bond motifs is 1. The molecule has 0 unspecified atom stereocenters. The van der Waals surface area contributed by atoms with Crippen molar-refractivity contribution in [2.45, 2.75) is 32.0 Å². The summed E-state index contributed by atoms with van der Waals surface area (Å²) in [6.07, 6.45) is -2.03. The minimum Gasteiger partial charge on any atom is -0.496 e. The predicted molar refractivity (Wildman–Crippen MR) is 134 cm³/mol. The van der Waals surface area contributed by atoms with Gasteiger partial charge in [-0.1, -0.05) is 29.5 Å². The molecule has 3 heterocycles. The van der Waals surface area contributed by atoms with Crippen LogP contribution in [-0.4, -0.2) is 48.1 Å². The van der Waals surface area contributed by atoms with E-state index in [2.05, 4.69) is 16.0 Å². The zero-order chi connectivity index (χ0) is 26.4. The molecule has 196 valence electrons. The number of nitro groups is 1. The Morgan fingerprint density at radius 1 is 1.16 bits per heavy atom. The molecule has 0 radical (unpaired) electrons. The summed E-state index contributed by atoms with van der Waals surface area (Å²) in [5, 5.41) is 11.5. The lowest BCUT2D eigenvalue weighted by molar-refractivity contribution is -0.383. The Bertz CT molecular complexity index is 1400. The number of non-ortho nitro benzene ring substituents is 1. The van der Waals surface area contributed by atoms with Crippen molar-refractivity contribution in [2.24, 2.45) is 5.41 Å². The topological polar surface area (TPSA) is 88.8 Å². The fourth-order valence-corrected chi connectivity index (χ4v) is 6.51. The quantitative estimate of drug-likeness (QED) is 0.333. The number of piperidine rings is 1. The smallest absolute Gasteiger partial charge is 0.416 e. The van der Waals surface area contributed by atoms with Crippen molar-refractivity contribution >= 4 is 32.2 Å². The monoisotopic (exact) mass is 534 g/mol. The Labute approximate surface area is 214 Å². The highest BCUT2D eigenvalue weighted by atomic mass is 32.1. The summed E-state index contributed by atoms with van der Waals surface area (Å²) in [5.41, 5.74) is -1.58. The normalized spacial score (nSPS) is 18.0. The Kier molecular flexibility index (Phi) is 6.57. The van der Waals surface area contributed by atoms with Crippen LogP contribution < -0.4 is 15.2 Å². The molecule has 2 aromatic carbocycles. The highest BCUT2D eigenvalue weighted by molar-refractivity contribution is 7.22. The molecule has 37 heavy (non-hydrogen) atoms. The fourth-order valence-electron chi connectivity index (χ4n) is 5.39. The van der Waals surface area contributed by atoms with Crippen LogP contribution in [0.2, 0.25) is 0 Å². The second-order valence-electron chi connectivity index (χ2n) is 9.69. The third-order valence-corrected chi connectivity index (χ3v) is 8.58. The number of ether oxygens (including phenoxy) is 1. The van der Waals surface area contributed by atoms with E-state index < -0.39 is 27.9 Å². The van der Waals surface area contributed by atoms with E-state index >= 15 is 0 Å². The average Bonchev–Trinajstić information content (AvgIpc) is 3.25. The summed E-state index contributed by atoms with van der Waals surface area (Å²) in [6.45, 7) is 3.93.